The highest BCUT2D eigenvalue weighted by Crippen LogP contribution is 2.23. The van der Waals surface area contributed by atoms with Crippen molar-refractivity contribution in [1.82, 2.24) is 14.8 Å². The van der Waals surface area contributed by atoms with E-state index < -0.39 is 6.10 Å². The van der Waals surface area contributed by atoms with Crippen molar-refractivity contribution in [3.63, 3.8) is 0 Å². The molecule has 3 rings (SSSR count). The van der Waals surface area contributed by atoms with Gasteiger partial charge in [-0.25, -0.2) is 9.67 Å². The van der Waals surface area contributed by atoms with E-state index in [-0.39, 0.29) is 0 Å². The molecule has 1 unspecified atom stereocenters. The Morgan fingerprint density at radius 3 is 3.11 bits per heavy atom. The third-order valence-corrected chi connectivity index (χ3v) is 3.33. The quantitative estimate of drug-likeness (QED) is 0.877. The first-order valence-electron chi connectivity index (χ1n) is 6.39. The second kappa shape index (κ2) is 4.53. The minimum atomic E-state index is -0.447. The average Bonchev–Trinajstić information content (AvgIpc) is 2.73. The molecule has 0 saturated heterocycles. The van der Waals surface area contributed by atoms with Gasteiger partial charge in [0.1, 0.15) is 6.10 Å². The van der Waals surface area contributed by atoms with Gasteiger partial charge < -0.3 is 5.11 Å². The molecule has 2 aromatic rings. The van der Waals surface area contributed by atoms with Crippen LogP contribution in [-0.2, 0) is 13.0 Å². The van der Waals surface area contributed by atoms with Crippen LogP contribution in [0.15, 0.2) is 24.3 Å². The van der Waals surface area contributed by atoms with E-state index in [2.05, 4.69) is 41.3 Å². The van der Waals surface area contributed by atoms with Crippen LogP contribution < -0.4 is 0 Å². The molecule has 4 nitrogen and oxygen atoms in total. The zero-order chi connectivity index (χ0) is 12.5. The van der Waals surface area contributed by atoms with Crippen molar-refractivity contribution in [3.8, 4) is 0 Å². The predicted molar refractivity (Wildman–Crippen MR) is 68.2 cm³/mol. The van der Waals surface area contributed by atoms with E-state index >= 15 is 0 Å². The minimum Gasteiger partial charge on any atom is -0.385 e. The van der Waals surface area contributed by atoms with Crippen LogP contribution in [0.4, 0.5) is 0 Å². The lowest BCUT2D eigenvalue weighted by atomic mass is 10.1. The lowest BCUT2D eigenvalue weighted by Crippen LogP contribution is -2.16. The Balaban J connectivity index is 1.85. The number of rotatable bonds is 2. The molecule has 0 bridgehead atoms. The van der Waals surface area contributed by atoms with E-state index in [4.69, 9.17) is 0 Å². The van der Waals surface area contributed by atoms with Gasteiger partial charge in [0.05, 0.1) is 0 Å². The Bertz CT molecular complexity index is 562. The van der Waals surface area contributed by atoms with Gasteiger partial charge in [-0.05, 0) is 25.3 Å². The predicted octanol–water partition coefficient (Wildman–Crippen LogP) is 2.00. The molecule has 1 aliphatic rings. The molecular formula is C14H17N3O. The number of hydrogen-bond acceptors (Lipinski definition) is 3. The Labute approximate surface area is 106 Å². The third-order valence-electron chi connectivity index (χ3n) is 3.33. The van der Waals surface area contributed by atoms with E-state index in [9.17, 15) is 5.11 Å². The van der Waals surface area contributed by atoms with E-state index in [0.29, 0.717) is 0 Å². The lowest BCUT2D eigenvalue weighted by Gasteiger charge is -2.16. The maximum atomic E-state index is 9.86. The molecule has 0 spiro atoms. The number of hydrogen-bond donors (Lipinski definition) is 1. The van der Waals surface area contributed by atoms with Crippen molar-refractivity contribution < 1.29 is 5.11 Å². The Kier molecular flexibility index (Phi) is 2.88. The summed E-state index contributed by atoms with van der Waals surface area (Å²) in [4.78, 5) is 4.46. The van der Waals surface area contributed by atoms with Crippen LogP contribution in [0, 0.1) is 6.92 Å². The standard InChI is InChI=1S/C14H17N3O/c1-10-4-2-5-11(8-10)9-13-15-14-12(18)6-3-7-17(14)16-13/h2,4-5,8,12,18H,3,6-7,9H2,1H3. The van der Waals surface area contributed by atoms with Gasteiger partial charge in [0.25, 0.3) is 0 Å². The number of nitrogens with zero attached hydrogens (tertiary/aromatic N) is 3. The van der Waals surface area contributed by atoms with Crippen molar-refractivity contribution in [2.75, 3.05) is 0 Å². The molecule has 0 fully saturated rings. The van der Waals surface area contributed by atoms with Crippen LogP contribution in [0.25, 0.3) is 0 Å². The molecule has 2 heterocycles. The highest BCUT2D eigenvalue weighted by molar-refractivity contribution is 5.24. The van der Waals surface area contributed by atoms with Crippen molar-refractivity contribution in [3.05, 3.63) is 47.0 Å². The zero-order valence-corrected chi connectivity index (χ0v) is 10.5. The van der Waals surface area contributed by atoms with E-state index in [0.717, 1.165) is 37.5 Å². The van der Waals surface area contributed by atoms with E-state index in [1.165, 1.54) is 11.1 Å². The van der Waals surface area contributed by atoms with Crippen LogP contribution in [0.2, 0.25) is 0 Å². The van der Waals surface area contributed by atoms with Gasteiger partial charge in [0, 0.05) is 13.0 Å². The van der Waals surface area contributed by atoms with Gasteiger partial charge in [-0.2, -0.15) is 5.10 Å². The molecule has 18 heavy (non-hydrogen) atoms. The zero-order valence-electron chi connectivity index (χ0n) is 10.5. The van der Waals surface area contributed by atoms with Gasteiger partial charge in [0.2, 0.25) is 0 Å². The highest BCUT2D eigenvalue weighted by Gasteiger charge is 2.21. The Morgan fingerprint density at radius 2 is 2.33 bits per heavy atom. The number of aryl methyl sites for hydroxylation is 2. The molecule has 1 N–H and O–H groups in total. The first-order chi connectivity index (χ1) is 8.72. The summed E-state index contributed by atoms with van der Waals surface area (Å²) >= 11 is 0. The van der Waals surface area contributed by atoms with Crippen LogP contribution in [-0.4, -0.2) is 19.9 Å². The molecule has 4 heteroatoms. The summed E-state index contributed by atoms with van der Waals surface area (Å²) in [5.74, 6) is 1.53. The number of benzene rings is 1. The fourth-order valence-corrected chi connectivity index (χ4v) is 2.46. The van der Waals surface area contributed by atoms with Crippen molar-refractivity contribution in [2.24, 2.45) is 0 Å². The average molecular weight is 243 g/mol. The SMILES string of the molecule is Cc1cccc(Cc2nc3n(n2)CCCC3O)c1. The molecule has 0 radical (unpaired) electrons. The molecule has 1 aromatic heterocycles. The third kappa shape index (κ3) is 2.16. The molecule has 0 aliphatic carbocycles. The number of fused-ring (bicyclic) bond motifs is 1. The fraction of sp³-hybridized carbons (Fsp3) is 0.429. The minimum absolute atomic E-state index is 0.447. The smallest absolute Gasteiger partial charge is 0.156 e. The first kappa shape index (κ1) is 11.4. The normalized spacial score (nSPS) is 18.7. The van der Waals surface area contributed by atoms with Crippen molar-refractivity contribution in [1.29, 1.82) is 0 Å². The number of aliphatic hydroxyl groups excluding tert-OH is 1. The van der Waals surface area contributed by atoms with Crippen molar-refractivity contribution >= 4 is 0 Å². The number of aliphatic hydroxyl groups is 1. The summed E-state index contributed by atoms with van der Waals surface area (Å²) in [5, 5.41) is 14.3. The highest BCUT2D eigenvalue weighted by atomic mass is 16.3. The first-order valence-corrected chi connectivity index (χ1v) is 6.39. The summed E-state index contributed by atoms with van der Waals surface area (Å²) in [6.07, 6.45) is 2.05. The summed E-state index contributed by atoms with van der Waals surface area (Å²) in [5.41, 5.74) is 2.46. The van der Waals surface area contributed by atoms with Gasteiger partial charge in [-0.1, -0.05) is 29.8 Å². The molecule has 0 amide bonds. The summed E-state index contributed by atoms with van der Waals surface area (Å²) in [6, 6.07) is 8.37. The molecule has 0 saturated carbocycles. The van der Waals surface area contributed by atoms with Crippen molar-refractivity contribution in [2.45, 2.75) is 38.8 Å². The van der Waals surface area contributed by atoms with Crippen LogP contribution in [0.5, 0.6) is 0 Å². The van der Waals surface area contributed by atoms with E-state index in [1.54, 1.807) is 0 Å². The molecule has 1 aromatic carbocycles. The Morgan fingerprint density at radius 1 is 1.44 bits per heavy atom. The summed E-state index contributed by atoms with van der Waals surface area (Å²) in [7, 11) is 0. The Hall–Kier alpha value is -1.68. The van der Waals surface area contributed by atoms with Crippen LogP contribution in [0.1, 0.15) is 41.7 Å². The second-order valence-electron chi connectivity index (χ2n) is 4.93. The van der Waals surface area contributed by atoms with Gasteiger partial charge >= 0.3 is 0 Å². The maximum Gasteiger partial charge on any atom is 0.156 e. The topological polar surface area (TPSA) is 50.9 Å². The lowest BCUT2D eigenvalue weighted by molar-refractivity contribution is 0.130. The van der Waals surface area contributed by atoms with Gasteiger partial charge in [-0.15, -0.1) is 0 Å². The van der Waals surface area contributed by atoms with E-state index in [1.807, 2.05) is 4.68 Å². The number of aromatic nitrogens is 3. The van der Waals surface area contributed by atoms with Gasteiger partial charge in [0.15, 0.2) is 11.6 Å². The van der Waals surface area contributed by atoms with Crippen LogP contribution in [0.3, 0.4) is 0 Å². The maximum absolute atomic E-state index is 9.86. The largest absolute Gasteiger partial charge is 0.385 e. The summed E-state index contributed by atoms with van der Waals surface area (Å²) < 4.78 is 1.85. The summed E-state index contributed by atoms with van der Waals surface area (Å²) in [6.45, 7) is 2.95. The van der Waals surface area contributed by atoms with Crippen LogP contribution >= 0.6 is 0 Å². The molecular weight excluding hydrogens is 226 g/mol. The molecule has 1 atom stereocenters. The molecule has 1 aliphatic heterocycles. The van der Waals surface area contributed by atoms with Gasteiger partial charge in [-0.3, -0.25) is 0 Å². The fourth-order valence-electron chi connectivity index (χ4n) is 2.46. The molecule has 94 valence electrons. The monoisotopic (exact) mass is 243 g/mol. The second-order valence-corrected chi connectivity index (χ2v) is 4.93.